The minimum atomic E-state index is 0. The van der Waals surface area contributed by atoms with Crippen molar-refractivity contribution in [2.45, 2.75) is 63.3 Å². The molecular weight excluding hydrogens is 194 g/mol. The van der Waals surface area contributed by atoms with Crippen molar-refractivity contribution >= 4 is 12.4 Å². The Morgan fingerprint density at radius 2 is 1.36 bits per heavy atom. The number of halogens is 1. The Hall–Kier alpha value is 0.250. The van der Waals surface area contributed by atoms with Crippen LogP contribution in [0, 0.1) is 11.3 Å². The summed E-state index contributed by atoms with van der Waals surface area (Å²) >= 11 is 0. The molecule has 0 amide bonds. The van der Waals surface area contributed by atoms with Crippen LogP contribution in [0.15, 0.2) is 0 Å². The van der Waals surface area contributed by atoms with Crippen molar-refractivity contribution in [2.75, 3.05) is 0 Å². The van der Waals surface area contributed by atoms with Crippen LogP contribution in [0.1, 0.15) is 57.8 Å². The molecule has 82 valence electrons. The monoisotopic (exact) mass is 215 g/mol. The lowest BCUT2D eigenvalue weighted by molar-refractivity contribution is -0.174. The molecule has 4 aliphatic rings. The highest BCUT2D eigenvalue weighted by atomic mass is 35.5. The van der Waals surface area contributed by atoms with Gasteiger partial charge < -0.3 is 5.73 Å². The van der Waals surface area contributed by atoms with Gasteiger partial charge in [0.05, 0.1) is 0 Å². The molecule has 2 bridgehead atoms. The fourth-order valence-corrected chi connectivity index (χ4v) is 4.27. The molecule has 0 aromatic rings. The summed E-state index contributed by atoms with van der Waals surface area (Å²) in [5.41, 5.74) is 7.21. The van der Waals surface area contributed by atoms with E-state index in [0.29, 0.717) is 5.54 Å². The first kappa shape index (κ1) is 10.8. The molecule has 4 saturated carbocycles. The smallest absolute Gasteiger partial charge is 0.0170 e. The van der Waals surface area contributed by atoms with Gasteiger partial charge in [-0.05, 0) is 43.4 Å². The predicted molar refractivity (Wildman–Crippen MR) is 61.6 cm³/mol. The number of rotatable bonds is 1. The van der Waals surface area contributed by atoms with Gasteiger partial charge >= 0.3 is 0 Å². The Labute approximate surface area is 93.2 Å². The molecule has 0 heterocycles. The van der Waals surface area contributed by atoms with Gasteiger partial charge in [0.2, 0.25) is 0 Å². The van der Waals surface area contributed by atoms with Crippen molar-refractivity contribution in [3.8, 4) is 0 Å². The molecule has 0 saturated heterocycles. The highest BCUT2D eigenvalue weighted by Gasteiger charge is 2.67. The maximum Gasteiger partial charge on any atom is 0.0170 e. The SMILES string of the molecule is Cl.NC12CC(C3CCCCCC3)(C1)C2. The quantitative estimate of drug-likeness (QED) is 0.668. The van der Waals surface area contributed by atoms with Crippen LogP contribution in [0.25, 0.3) is 0 Å². The second-order valence-corrected chi connectivity index (χ2v) is 5.94. The van der Waals surface area contributed by atoms with Crippen LogP contribution in [0.2, 0.25) is 0 Å². The highest BCUT2D eigenvalue weighted by molar-refractivity contribution is 5.85. The highest BCUT2D eigenvalue weighted by Crippen LogP contribution is 2.70. The van der Waals surface area contributed by atoms with Gasteiger partial charge in [0.25, 0.3) is 0 Å². The number of nitrogens with two attached hydrogens (primary N) is 1. The molecule has 2 N–H and O–H groups in total. The maximum atomic E-state index is 6.12. The average Bonchev–Trinajstić information content (AvgIpc) is 2.24. The fraction of sp³-hybridized carbons (Fsp3) is 1.00. The Bertz CT molecular complexity index is 199. The van der Waals surface area contributed by atoms with Gasteiger partial charge in [-0.1, -0.05) is 25.7 Å². The molecule has 0 spiro atoms. The van der Waals surface area contributed by atoms with Gasteiger partial charge in [0.15, 0.2) is 0 Å². The molecule has 14 heavy (non-hydrogen) atoms. The topological polar surface area (TPSA) is 26.0 Å². The molecule has 2 heteroatoms. The Kier molecular flexibility index (Phi) is 2.60. The van der Waals surface area contributed by atoms with Crippen LogP contribution in [0.5, 0.6) is 0 Å². The molecule has 0 aliphatic heterocycles. The second kappa shape index (κ2) is 3.38. The lowest BCUT2D eigenvalue weighted by Crippen LogP contribution is -2.74. The van der Waals surface area contributed by atoms with E-state index in [1.165, 1.54) is 57.8 Å². The second-order valence-electron chi connectivity index (χ2n) is 5.94. The van der Waals surface area contributed by atoms with E-state index in [4.69, 9.17) is 5.73 Å². The molecule has 4 fully saturated rings. The van der Waals surface area contributed by atoms with E-state index >= 15 is 0 Å². The van der Waals surface area contributed by atoms with Crippen LogP contribution in [-0.2, 0) is 0 Å². The van der Waals surface area contributed by atoms with E-state index in [-0.39, 0.29) is 12.4 Å². The summed E-state index contributed by atoms with van der Waals surface area (Å²) in [4.78, 5) is 0. The van der Waals surface area contributed by atoms with E-state index in [9.17, 15) is 0 Å². The van der Waals surface area contributed by atoms with Crippen LogP contribution in [0.4, 0.5) is 0 Å². The summed E-state index contributed by atoms with van der Waals surface area (Å²) < 4.78 is 0. The largest absolute Gasteiger partial charge is 0.325 e. The van der Waals surface area contributed by atoms with Crippen LogP contribution >= 0.6 is 12.4 Å². The third-order valence-corrected chi connectivity index (χ3v) is 4.83. The standard InChI is InChI=1S/C12H21N.ClH/c13-12-7-11(8-12,9-12)10-5-3-1-2-4-6-10;/h10H,1-9,13H2;1H. The van der Waals surface area contributed by atoms with Crippen molar-refractivity contribution in [1.82, 2.24) is 0 Å². The van der Waals surface area contributed by atoms with Crippen molar-refractivity contribution in [2.24, 2.45) is 17.1 Å². The zero-order valence-electron chi connectivity index (χ0n) is 8.93. The molecule has 4 aliphatic carbocycles. The fourth-order valence-electron chi connectivity index (χ4n) is 4.27. The molecule has 0 radical (unpaired) electrons. The van der Waals surface area contributed by atoms with Crippen LogP contribution in [-0.4, -0.2) is 5.54 Å². The first-order valence-electron chi connectivity index (χ1n) is 6.02. The van der Waals surface area contributed by atoms with Gasteiger partial charge in [-0.15, -0.1) is 12.4 Å². The summed E-state index contributed by atoms with van der Waals surface area (Å²) in [5.74, 6) is 1.06. The average molecular weight is 216 g/mol. The van der Waals surface area contributed by atoms with Gasteiger partial charge in [-0.3, -0.25) is 0 Å². The lowest BCUT2D eigenvalue weighted by atomic mass is 9.35. The van der Waals surface area contributed by atoms with E-state index < -0.39 is 0 Å². The predicted octanol–water partition coefficient (Wildman–Crippen LogP) is 3.26. The van der Waals surface area contributed by atoms with E-state index in [1.807, 2.05) is 0 Å². The Morgan fingerprint density at radius 3 is 1.79 bits per heavy atom. The minimum Gasteiger partial charge on any atom is -0.325 e. The van der Waals surface area contributed by atoms with Gasteiger partial charge in [-0.25, -0.2) is 0 Å². The molecule has 0 aromatic heterocycles. The van der Waals surface area contributed by atoms with Crippen LogP contribution < -0.4 is 5.73 Å². The molecule has 1 nitrogen and oxygen atoms in total. The Balaban J connectivity index is 0.000000750. The normalized spacial score (nSPS) is 46.9. The van der Waals surface area contributed by atoms with E-state index in [0.717, 1.165) is 11.3 Å². The third-order valence-electron chi connectivity index (χ3n) is 4.83. The van der Waals surface area contributed by atoms with Crippen molar-refractivity contribution in [1.29, 1.82) is 0 Å². The number of hydrogen-bond donors (Lipinski definition) is 1. The van der Waals surface area contributed by atoms with Gasteiger partial charge in [0, 0.05) is 5.54 Å². The zero-order chi connectivity index (χ0) is 8.94. The first-order chi connectivity index (χ1) is 6.23. The summed E-state index contributed by atoms with van der Waals surface area (Å²) in [7, 11) is 0. The first-order valence-corrected chi connectivity index (χ1v) is 6.02. The summed E-state index contributed by atoms with van der Waals surface area (Å²) in [6, 6.07) is 0. The van der Waals surface area contributed by atoms with E-state index in [1.54, 1.807) is 0 Å². The molecule has 0 aromatic carbocycles. The summed E-state index contributed by atoms with van der Waals surface area (Å²) in [6.07, 6.45) is 13.1. The Morgan fingerprint density at radius 1 is 0.857 bits per heavy atom. The van der Waals surface area contributed by atoms with Crippen molar-refractivity contribution in [3.05, 3.63) is 0 Å². The molecular formula is C12H22ClN. The van der Waals surface area contributed by atoms with Crippen molar-refractivity contribution in [3.63, 3.8) is 0 Å². The summed E-state index contributed by atoms with van der Waals surface area (Å²) in [5, 5.41) is 0. The molecule has 0 unspecified atom stereocenters. The van der Waals surface area contributed by atoms with Crippen LogP contribution in [0.3, 0.4) is 0 Å². The van der Waals surface area contributed by atoms with E-state index in [2.05, 4.69) is 0 Å². The lowest BCUT2D eigenvalue weighted by Gasteiger charge is -2.72. The van der Waals surface area contributed by atoms with Gasteiger partial charge in [-0.2, -0.15) is 0 Å². The summed E-state index contributed by atoms with van der Waals surface area (Å²) in [6.45, 7) is 0. The molecule has 0 atom stereocenters. The maximum absolute atomic E-state index is 6.12. The van der Waals surface area contributed by atoms with Crippen molar-refractivity contribution < 1.29 is 0 Å². The van der Waals surface area contributed by atoms with Gasteiger partial charge in [0.1, 0.15) is 0 Å². The third kappa shape index (κ3) is 1.40. The number of hydrogen-bond acceptors (Lipinski definition) is 1. The zero-order valence-corrected chi connectivity index (χ0v) is 9.74. The minimum absolute atomic E-state index is 0. The molecule has 4 rings (SSSR count).